The summed E-state index contributed by atoms with van der Waals surface area (Å²) in [7, 11) is 0. The third-order valence-corrected chi connectivity index (χ3v) is 1.10. The lowest BCUT2D eigenvalue weighted by atomic mass is 10.3. The predicted octanol–water partition coefficient (Wildman–Crippen LogP) is 0.101. The molecule has 0 bridgehead atoms. The molecular weight excluding hydrogens is 172 g/mol. The summed E-state index contributed by atoms with van der Waals surface area (Å²) < 4.78 is 4.37. The molecule has 0 rings (SSSR count). The van der Waals surface area contributed by atoms with Gasteiger partial charge in [-0.3, -0.25) is 9.59 Å². The number of carbonyl (C=O) groups is 3. The largest absolute Gasteiger partial charge is 0.459 e. The molecule has 0 aromatic rings. The molecular formula is C9H10O4. The van der Waals surface area contributed by atoms with E-state index in [9.17, 15) is 14.4 Å². The number of ether oxygens (including phenoxy) is 1. The van der Waals surface area contributed by atoms with Crippen molar-refractivity contribution in [1.29, 1.82) is 0 Å². The van der Waals surface area contributed by atoms with Gasteiger partial charge in [-0.15, -0.1) is 0 Å². The molecule has 0 amide bonds. The van der Waals surface area contributed by atoms with Crippen LogP contribution in [0.15, 0.2) is 0 Å². The number of esters is 1. The first-order chi connectivity index (χ1) is 6.11. The summed E-state index contributed by atoms with van der Waals surface area (Å²) in [6, 6.07) is 0. The second-order valence-electron chi connectivity index (χ2n) is 2.08. The van der Waals surface area contributed by atoms with Gasteiger partial charge in [0.05, 0.1) is 6.61 Å². The smallest absolute Gasteiger partial charge is 0.388 e. The van der Waals surface area contributed by atoms with Gasteiger partial charge in [0.25, 0.3) is 0 Å². The standard InChI is InChI=1S/C9H10O4/c1-3-7(10)5-6-8(11)9(12)13-4-2/h3-4H2,1-2H3. The van der Waals surface area contributed by atoms with Crippen molar-refractivity contribution in [1.82, 2.24) is 0 Å². The van der Waals surface area contributed by atoms with Crippen LogP contribution >= 0.6 is 0 Å². The van der Waals surface area contributed by atoms with Gasteiger partial charge in [-0.2, -0.15) is 0 Å². The van der Waals surface area contributed by atoms with Crippen molar-refractivity contribution in [3.05, 3.63) is 0 Å². The molecule has 0 atom stereocenters. The molecule has 4 heteroatoms. The predicted molar refractivity (Wildman–Crippen MR) is 44.7 cm³/mol. The van der Waals surface area contributed by atoms with E-state index in [2.05, 4.69) is 4.74 Å². The number of hydrogen-bond acceptors (Lipinski definition) is 4. The fourth-order valence-electron chi connectivity index (χ4n) is 0.463. The molecule has 0 fully saturated rings. The van der Waals surface area contributed by atoms with Crippen LogP contribution < -0.4 is 0 Å². The van der Waals surface area contributed by atoms with Gasteiger partial charge in [0, 0.05) is 6.42 Å². The SMILES string of the molecule is CCOC(=O)C(=O)C#CC(=O)CC. The maximum absolute atomic E-state index is 10.8. The van der Waals surface area contributed by atoms with Crippen molar-refractivity contribution in [3.63, 3.8) is 0 Å². The molecule has 0 radical (unpaired) electrons. The second-order valence-corrected chi connectivity index (χ2v) is 2.08. The molecule has 0 unspecified atom stereocenters. The molecule has 0 spiro atoms. The maximum atomic E-state index is 10.8. The highest BCUT2D eigenvalue weighted by atomic mass is 16.5. The van der Waals surface area contributed by atoms with Crippen LogP contribution in [0, 0.1) is 11.8 Å². The Labute approximate surface area is 76.3 Å². The highest BCUT2D eigenvalue weighted by molar-refractivity contribution is 6.41. The zero-order valence-corrected chi connectivity index (χ0v) is 7.55. The number of ketones is 2. The average Bonchev–Trinajstić information content (AvgIpc) is 2.13. The van der Waals surface area contributed by atoms with E-state index in [1.165, 1.54) is 0 Å². The van der Waals surface area contributed by atoms with Crippen LogP contribution in [0.3, 0.4) is 0 Å². The molecule has 70 valence electrons. The van der Waals surface area contributed by atoms with Gasteiger partial charge in [-0.05, 0) is 18.8 Å². The Morgan fingerprint density at radius 1 is 1.15 bits per heavy atom. The van der Waals surface area contributed by atoms with Crippen molar-refractivity contribution >= 4 is 17.5 Å². The molecule has 0 aliphatic heterocycles. The van der Waals surface area contributed by atoms with Crippen molar-refractivity contribution in [2.75, 3.05) is 6.61 Å². The van der Waals surface area contributed by atoms with Crippen molar-refractivity contribution in [2.24, 2.45) is 0 Å². The zero-order chi connectivity index (χ0) is 10.3. The fraction of sp³-hybridized carbons (Fsp3) is 0.444. The van der Waals surface area contributed by atoms with Crippen LogP contribution in [0.25, 0.3) is 0 Å². The Bertz CT molecular complexity index is 280. The van der Waals surface area contributed by atoms with Gasteiger partial charge >= 0.3 is 11.8 Å². The maximum Gasteiger partial charge on any atom is 0.388 e. The third-order valence-electron chi connectivity index (χ3n) is 1.10. The summed E-state index contributed by atoms with van der Waals surface area (Å²) >= 11 is 0. The molecule has 0 aromatic carbocycles. The van der Waals surface area contributed by atoms with Crippen LogP contribution in [0.2, 0.25) is 0 Å². The number of rotatable bonds is 3. The lowest BCUT2D eigenvalue weighted by Gasteiger charge is -1.93. The summed E-state index contributed by atoms with van der Waals surface area (Å²) in [6.45, 7) is 3.32. The Morgan fingerprint density at radius 2 is 1.77 bits per heavy atom. The first-order valence-corrected chi connectivity index (χ1v) is 3.87. The average molecular weight is 182 g/mol. The van der Waals surface area contributed by atoms with E-state index in [4.69, 9.17) is 0 Å². The van der Waals surface area contributed by atoms with Crippen LogP contribution in [0.1, 0.15) is 20.3 Å². The minimum Gasteiger partial charge on any atom is -0.459 e. The van der Waals surface area contributed by atoms with E-state index in [0.29, 0.717) is 0 Å². The highest BCUT2D eigenvalue weighted by Crippen LogP contribution is 1.81. The van der Waals surface area contributed by atoms with E-state index in [1.807, 2.05) is 11.8 Å². The summed E-state index contributed by atoms with van der Waals surface area (Å²) in [5, 5.41) is 0. The van der Waals surface area contributed by atoms with Gasteiger partial charge in [0.2, 0.25) is 5.78 Å². The third kappa shape index (κ3) is 4.75. The minimum atomic E-state index is -1.01. The van der Waals surface area contributed by atoms with Crippen molar-refractivity contribution in [2.45, 2.75) is 20.3 Å². The Kier molecular flexibility index (Phi) is 5.20. The quantitative estimate of drug-likeness (QED) is 0.269. The van der Waals surface area contributed by atoms with Crippen molar-refractivity contribution in [3.8, 4) is 11.8 Å². The molecule has 4 nitrogen and oxygen atoms in total. The van der Waals surface area contributed by atoms with Crippen molar-refractivity contribution < 1.29 is 19.1 Å². The normalized spacial score (nSPS) is 8.15. The molecule has 0 heterocycles. The molecule has 0 aliphatic carbocycles. The van der Waals surface area contributed by atoms with Gasteiger partial charge in [-0.1, -0.05) is 6.92 Å². The van der Waals surface area contributed by atoms with Crippen LogP contribution in [0.4, 0.5) is 0 Å². The second kappa shape index (κ2) is 5.95. The first kappa shape index (κ1) is 11.4. The van der Waals surface area contributed by atoms with E-state index in [-0.39, 0.29) is 18.8 Å². The monoisotopic (exact) mass is 182 g/mol. The number of carbonyl (C=O) groups excluding carboxylic acids is 3. The fourth-order valence-corrected chi connectivity index (χ4v) is 0.463. The van der Waals surface area contributed by atoms with E-state index in [1.54, 1.807) is 13.8 Å². The Hall–Kier alpha value is -1.63. The Morgan fingerprint density at radius 3 is 2.23 bits per heavy atom. The van der Waals surface area contributed by atoms with Gasteiger partial charge in [0.1, 0.15) is 0 Å². The van der Waals surface area contributed by atoms with E-state index < -0.39 is 11.8 Å². The molecule has 13 heavy (non-hydrogen) atoms. The molecule has 0 aromatic heterocycles. The topological polar surface area (TPSA) is 60.4 Å². The first-order valence-electron chi connectivity index (χ1n) is 3.87. The molecule has 0 saturated carbocycles. The summed E-state index contributed by atoms with van der Waals surface area (Å²) in [5.74, 6) is 1.56. The Balaban J connectivity index is 4.19. The van der Waals surface area contributed by atoms with Gasteiger partial charge in [-0.25, -0.2) is 4.79 Å². The van der Waals surface area contributed by atoms with Gasteiger partial charge in [0.15, 0.2) is 0 Å². The lowest BCUT2D eigenvalue weighted by Crippen LogP contribution is -2.15. The number of hydrogen-bond donors (Lipinski definition) is 0. The minimum absolute atomic E-state index is 0.119. The van der Waals surface area contributed by atoms with E-state index >= 15 is 0 Å². The van der Waals surface area contributed by atoms with Crippen LogP contribution in [-0.2, 0) is 19.1 Å². The van der Waals surface area contributed by atoms with E-state index in [0.717, 1.165) is 0 Å². The van der Waals surface area contributed by atoms with Crippen LogP contribution in [0.5, 0.6) is 0 Å². The molecule has 0 N–H and O–H groups in total. The summed E-state index contributed by atoms with van der Waals surface area (Å²) in [6.07, 6.45) is 0.225. The zero-order valence-electron chi connectivity index (χ0n) is 7.55. The van der Waals surface area contributed by atoms with Gasteiger partial charge < -0.3 is 4.74 Å². The lowest BCUT2D eigenvalue weighted by molar-refractivity contribution is -0.150. The highest BCUT2D eigenvalue weighted by Gasteiger charge is 2.10. The molecule has 0 saturated heterocycles. The van der Waals surface area contributed by atoms with Crippen LogP contribution in [-0.4, -0.2) is 24.1 Å². The molecule has 0 aliphatic rings. The summed E-state index contributed by atoms with van der Waals surface area (Å²) in [5.41, 5.74) is 0. The number of Topliss-reactive ketones (excluding diaryl/α,β-unsaturated/α-hetero) is 2. The summed E-state index contributed by atoms with van der Waals surface area (Å²) in [4.78, 5) is 32.0.